The van der Waals surface area contributed by atoms with Gasteiger partial charge in [-0.1, -0.05) is 130 Å². The molecule has 0 unspecified atom stereocenters. The zero-order valence-corrected chi connectivity index (χ0v) is 25.9. The second-order valence-corrected chi connectivity index (χ2v) is 13.7. The maximum atomic E-state index is 6.62. The lowest BCUT2D eigenvalue weighted by atomic mass is 9.81. The molecule has 46 heavy (non-hydrogen) atoms. The van der Waals surface area contributed by atoms with Crippen LogP contribution in [0.25, 0.3) is 98.4 Å². The van der Waals surface area contributed by atoms with Gasteiger partial charge in [0.15, 0.2) is 0 Å². The Balaban J connectivity index is 1.39. The molecule has 0 N–H and O–H groups in total. The van der Waals surface area contributed by atoms with Gasteiger partial charge in [-0.3, -0.25) is 0 Å². The molecule has 0 radical (unpaired) electrons. The van der Waals surface area contributed by atoms with Crippen LogP contribution < -0.4 is 0 Å². The third-order valence-corrected chi connectivity index (χ3v) is 9.97. The molecule has 0 aliphatic heterocycles. The highest BCUT2D eigenvalue weighted by Crippen LogP contribution is 2.48. The highest BCUT2D eigenvalue weighted by molar-refractivity contribution is 6.30. The second kappa shape index (κ2) is 8.99. The molecule has 0 aliphatic carbocycles. The van der Waals surface area contributed by atoms with Crippen LogP contribution in [0.4, 0.5) is 0 Å². The smallest absolute Gasteiger partial charge is 0.143 e. The molecule has 8 aromatic carbocycles. The normalized spacial score (nSPS) is 12.7. The fraction of sp³-hybridized carbons (Fsp3) is 0.0909. The Hall–Kier alpha value is -5.60. The van der Waals surface area contributed by atoms with E-state index >= 15 is 0 Å². The predicted octanol–water partition coefficient (Wildman–Crippen LogP) is 13.0. The maximum absolute atomic E-state index is 6.62. The van der Waals surface area contributed by atoms with E-state index in [-0.39, 0.29) is 5.41 Å². The summed E-state index contributed by atoms with van der Waals surface area (Å²) in [5, 5.41) is 12.1. The minimum Gasteiger partial charge on any atom is -0.455 e. The van der Waals surface area contributed by atoms with E-state index in [0.717, 1.165) is 66.1 Å². The van der Waals surface area contributed by atoms with E-state index in [2.05, 4.69) is 136 Å². The Morgan fingerprint density at radius 3 is 1.37 bits per heavy atom. The molecule has 0 bridgehead atoms. The van der Waals surface area contributed by atoms with Gasteiger partial charge in [0.05, 0.1) is 0 Å². The average Bonchev–Trinajstić information content (AvgIpc) is 3.65. The quantitative estimate of drug-likeness (QED) is 0.187. The van der Waals surface area contributed by atoms with Crippen LogP contribution in [-0.4, -0.2) is 0 Å². The van der Waals surface area contributed by atoms with E-state index in [0.29, 0.717) is 0 Å². The van der Waals surface area contributed by atoms with Crippen molar-refractivity contribution in [3.63, 3.8) is 0 Å². The molecule has 0 saturated carbocycles. The number of para-hydroxylation sites is 4. The lowest BCUT2D eigenvalue weighted by Gasteiger charge is -2.23. The second-order valence-electron chi connectivity index (χ2n) is 13.7. The van der Waals surface area contributed by atoms with Crippen LogP contribution in [0.1, 0.15) is 26.3 Å². The van der Waals surface area contributed by atoms with Crippen LogP contribution in [0.15, 0.2) is 136 Å². The van der Waals surface area contributed by atoms with E-state index < -0.39 is 0 Å². The maximum Gasteiger partial charge on any atom is 0.143 e. The SMILES string of the molecule is CC(C)(C)c1cc2ccc3c(-c4cccc5c4oc4ccccc45)cc(-c4cccc5c4oc4ccccc45)c4ccc(c1)c2c34. The molecule has 0 saturated heterocycles. The zero-order chi connectivity index (χ0) is 30.7. The van der Waals surface area contributed by atoms with Gasteiger partial charge in [0.2, 0.25) is 0 Å². The Labute approximate surface area is 265 Å². The van der Waals surface area contributed by atoms with Gasteiger partial charge in [-0.2, -0.15) is 0 Å². The summed E-state index contributed by atoms with van der Waals surface area (Å²) in [6, 6.07) is 46.1. The summed E-state index contributed by atoms with van der Waals surface area (Å²) in [5.74, 6) is 0. The van der Waals surface area contributed by atoms with Gasteiger partial charge in [0.1, 0.15) is 22.3 Å². The lowest BCUT2D eigenvalue weighted by Crippen LogP contribution is -2.10. The van der Waals surface area contributed by atoms with Gasteiger partial charge in [-0.15, -0.1) is 0 Å². The van der Waals surface area contributed by atoms with E-state index in [1.807, 2.05) is 12.1 Å². The molecule has 0 aliphatic rings. The number of fused-ring (bicyclic) bond motifs is 6. The summed E-state index contributed by atoms with van der Waals surface area (Å²) in [6.07, 6.45) is 0. The van der Waals surface area contributed by atoms with Gasteiger partial charge >= 0.3 is 0 Å². The van der Waals surface area contributed by atoms with Crippen molar-refractivity contribution >= 4 is 76.2 Å². The Morgan fingerprint density at radius 1 is 0.391 bits per heavy atom. The molecule has 10 rings (SSSR count). The number of benzene rings is 8. The first-order chi connectivity index (χ1) is 22.4. The van der Waals surface area contributed by atoms with Crippen LogP contribution in [0.2, 0.25) is 0 Å². The molecule has 2 nitrogen and oxygen atoms in total. The third-order valence-electron chi connectivity index (χ3n) is 9.97. The van der Waals surface area contributed by atoms with Gasteiger partial charge in [0, 0.05) is 32.7 Å². The van der Waals surface area contributed by atoms with Crippen molar-refractivity contribution in [2.45, 2.75) is 26.2 Å². The summed E-state index contributed by atoms with van der Waals surface area (Å²) in [5.41, 5.74) is 9.56. The molecule has 2 heterocycles. The Bertz CT molecular complexity index is 2650. The minimum atomic E-state index is 0.0502. The molecular weight excluding hydrogens is 560 g/mol. The van der Waals surface area contributed by atoms with Gasteiger partial charge in [0.25, 0.3) is 0 Å². The zero-order valence-electron chi connectivity index (χ0n) is 25.9. The predicted molar refractivity (Wildman–Crippen MR) is 194 cm³/mol. The summed E-state index contributed by atoms with van der Waals surface area (Å²) in [7, 11) is 0. The molecule has 0 atom stereocenters. The van der Waals surface area contributed by atoms with Crippen molar-refractivity contribution in [3.8, 4) is 22.3 Å². The first-order valence-electron chi connectivity index (χ1n) is 16.0. The van der Waals surface area contributed by atoms with Crippen molar-refractivity contribution in [2.75, 3.05) is 0 Å². The van der Waals surface area contributed by atoms with Crippen LogP contribution in [0, 0.1) is 0 Å². The van der Waals surface area contributed by atoms with E-state index in [9.17, 15) is 0 Å². The first-order valence-corrected chi connectivity index (χ1v) is 16.0. The fourth-order valence-electron chi connectivity index (χ4n) is 7.71. The van der Waals surface area contributed by atoms with Crippen LogP contribution in [-0.2, 0) is 5.41 Å². The van der Waals surface area contributed by atoms with Crippen LogP contribution in [0.3, 0.4) is 0 Å². The summed E-state index contributed by atoms with van der Waals surface area (Å²) < 4.78 is 13.2. The lowest BCUT2D eigenvalue weighted by molar-refractivity contribution is 0.591. The largest absolute Gasteiger partial charge is 0.455 e. The highest BCUT2D eigenvalue weighted by atomic mass is 16.3. The van der Waals surface area contributed by atoms with Crippen LogP contribution in [0.5, 0.6) is 0 Å². The molecule has 0 amide bonds. The first kappa shape index (κ1) is 25.7. The summed E-state index contributed by atoms with van der Waals surface area (Å²) >= 11 is 0. The Morgan fingerprint density at radius 2 is 0.870 bits per heavy atom. The molecule has 2 heteroatoms. The van der Waals surface area contributed by atoms with Crippen molar-refractivity contribution in [1.82, 2.24) is 0 Å². The van der Waals surface area contributed by atoms with Gasteiger partial charge in [-0.05, 0) is 72.6 Å². The number of hydrogen-bond donors (Lipinski definition) is 0. The van der Waals surface area contributed by atoms with E-state index in [1.54, 1.807) is 0 Å². The molecule has 218 valence electrons. The molecule has 0 fully saturated rings. The van der Waals surface area contributed by atoms with Crippen molar-refractivity contribution in [2.24, 2.45) is 0 Å². The van der Waals surface area contributed by atoms with Crippen molar-refractivity contribution < 1.29 is 8.83 Å². The Kier molecular flexibility index (Phi) is 5.02. The van der Waals surface area contributed by atoms with E-state index in [1.165, 1.54) is 37.9 Å². The topological polar surface area (TPSA) is 26.3 Å². The van der Waals surface area contributed by atoms with Gasteiger partial charge < -0.3 is 8.83 Å². The molecule has 2 aromatic heterocycles. The molecular formula is C44H30O2. The monoisotopic (exact) mass is 590 g/mol. The highest BCUT2D eigenvalue weighted by Gasteiger charge is 2.23. The molecule has 10 aromatic rings. The van der Waals surface area contributed by atoms with Crippen molar-refractivity contribution in [3.05, 3.63) is 133 Å². The van der Waals surface area contributed by atoms with Crippen molar-refractivity contribution in [1.29, 1.82) is 0 Å². The fourth-order valence-corrected chi connectivity index (χ4v) is 7.71. The summed E-state index contributed by atoms with van der Waals surface area (Å²) in [4.78, 5) is 0. The molecule has 0 spiro atoms. The minimum absolute atomic E-state index is 0.0502. The van der Waals surface area contributed by atoms with Crippen LogP contribution >= 0.6 is 0 Å². The number of hydrogen-bond acceptors (Lipinski definition) is 2. The van der Waals surface area contributed by atoms with E-state index in [4.69, 9.17) is 8.83 Å². The standard InChI is InChI=1S/C44H30O2/c1-44(2,3)27-22-25-18-20-30-36(34-14-8-12-32-28-10-4-6-16-38(28)45-42(32)34)24-37(31-21-19-26(23-27)40(25)41(30)31)35-15-9-13-33-29-11-5-7-17-39(29)46-43(33)35/h4-24H,1-3H3. The summed E-state index contributed by atoms with van der Waals surface area (Å²) in [6.45, 7) is 6.87. The third kappa shape index (κ3) is 3.47. The van der Waals surface area contributed by atoms with Gasteiger partial charge in [-0.25, -0.2) is 0 Å². The number of rotatable bonds is 2. The number of furan rings is 2. The average molecular weight is 591 g/mol.